The van der Waals surface area contributed by atoms with Crippen molar-refractivity contribution in [3.63, 3.8) is 0 Å². The van der Waals surface area contributed by atoms with Crippen molar-refractivity contribution in [1.82, 2.24) is 4.98 Å². The predicted octanol–water partition coefficient (Wildman–Crippen LogP) is 4.56. The summed E-state index contributed by atoms with van der Waals surface area (Å²) in [4.78, 5) is 15.8. The molecule has 1 atom stereocenters. The number of halogens is 2. The number of nitriles is 1. The van der Waals surface area contributed by atoms with E-state index < -0.39 is 17.8 Å². The predicted molar refractivity (Wildman–Crippen MR) is 100 cm³/mol. The standard InChI is InChI=1S/C19H13BrFN3O2/c1-10(19(25)26)23-18-14-8-13(21)6-7-16(14)24-17(15(18)9-22)11-2-4-12(20)5-3-11/h2-8,10H,1H3,(H,23,24)(H,25,26)/t10-/m0/s1. The third-order valence-electron chi connectivity index (χ3n) is 3.91. The van der Waals surface area contributed by atoms with Crippen molar-refractivity contribution in [3.8, 4) is 17.3 Å². The molecule has 26 heavy (non-hydrogen) atoms. The molecular weight excluding hydrogens is 401 g/mol. The number of aromatic nitrogens is 1. The normalized spacial score (nSPS) is 11.8. The van der Waals surface area contributed by atoms with Crippen molar-refractivity contribution < 1.29 is 14.3 Å². The van der Waals surface area contributed by atoms with Gasteiger partial charge in [0.15, 0.2) is 0 Å². The Labute approximate surface area is 157 Å². The van der Waals surface area contributed by atoms with Gasteiger partial charge in [0.05, 0.1) is 16.9 Å². The van der Waals surface area contributed by atoms with Crippen LogP contribution in [0.3, 0.4) is 0 Å². The van der Waals surface area contributed by atoms with Gasteiger partial charge in [0.2, 0.25) is 0 Å². The highest BCUT2D eigenvalue weighted by Gasteiger charge is 2.20. The first kappa shape index (κ1) is 17.8. The summed E-state index contributed by atoms with van der Waals surface area (Å²) in [5, 5.41) is 22.1. The number of nitrogens with zero attached hydrogens (tertiary/aromatic N) is 2. The van der Waals surface area contributed by atoms with Crippen LogP contribution in [0, 0.1) is 17.1 Å². The van der Waals surface area contributed by atoms with E-state index >= 15 is 0 Å². The first-order valence-corrected chi connectivity index (χ1v) is 8.48. The van der Waals surface area contributed by atoms with Crippen LogP contribution in [0.15, 0.2) is 46.9 Å². The zero-order valence-corrected chi connectivity index (χ0v) is 15.2. The monoisotopic (exact) mass is 413 g/mol. The molecular formula is C19H13BrFN3O2. The van der Waals surface area contributed by atoms with Crippen molar-refractivity contribution in [2.75, 3.05) is 5.32 Å². The highest BCUT2D eigenvalue weighted by atomic mass is 79.9. The number of carboxylic acid groups (broad SMARTS) is 1. The summed E-state index contributed by atoms with van der Waals surface area (Å²) in [6, 6.07) is 12.4. The van der Waals surface area contributed by atoms with E-state index in [1.807, 2.05) is 12.1 Å². The summed E-state index contributed by atoms with van der Waals surface area (Å²) < 4.78 is 14.6. The molecule has 0 saturated heterocycles. The quantitative estimate of drug-likeness (QED) is 0.654. The Morgan fingerprint density at radius 3 is 2.62 bits per heavy atom. The summed E-state index contributed by atoms with van der Waals surface area (Å²) in [5.74, 6) is -1.58. The fourth-order valence-electron chi connectivity index (χ4n) is 2.59. The summed E-state index contributed by atoms with van der Waals surface area (Å²) in [7, 11) is 0. The van der Waals surface area contributed by atoms with E-state index in [0.29, 0.717) is 22.2 Å². The number of rotatable bonds is 4. The molecule has 0 spiro atoms. The SMILES string of the molecule is C[C@H](Nc1c(C#N)c(-c2ccc(Br)cc2)nc2ccc(F)cc12)C(=O)O. The fourth-order valence-corrected chi connectivity index (χ4v) is 2.85. The van der Waals surface area contributed by atoms with Gasteiger partial charge >= 0.3 is 5.97 Å². The highest BCUT2D eigenvalue weighted by molar-refractivity contribution is 9.10. The number of aliphatic carboxylic acids is 1. The van der Waals surface area contributed by atoms with E-state index in [4.69, 9.17) is 0 Å². The van der Waals surface area contributed by atoms with Crippen molar-refractivity contribution >= 4 is 38.5 Å². The number of carboxylic acids is 1. The Kier molecular flexibility index (Phi) is 4.87. The maximum Gasteiger partial charge on any atom is 0.325 e. The van der Waals surface area contributed by atoms with E-state index in [9.17, 15) is 19.6 Å². The second-order valence-electron chi connectivity index (χ2n) is 5.69. The zero-order valence-electron chi connectivity index (χ0n) is 13.6. The number of hydrogen-bond donors (Lipinski definition) is 2. The van der Waals surface area contributed by atoms with Crippen molar-refractivity contribution in [2.45, 2.75) is 13.0 Å². The smallest absolute Gasteiger partial charge is 0.325 e. The van der Waals surface area contributed by atoms with Crippen molar-refractivity contribution in [2.24, 2.45) is 0 Å². The van der Waals surface area contributed by atoms with Gasteiger partial charge in [-0.15, -0.1) is 0 Å². The molecule has 7 heteroatoms. The molecule has 0 fully saturated rings. The van der Waals surface area contributed by atoms with Crippen molar-refractivity contribution in [1.29, 1.82) is 5.26 Å². The molecule has 0 radical (unpaired) electrons. The minimum Gasteiger partial charge on any atom is -0.480 e. The molecule has 1 heterocycles. The Morgan fingerprint density at radius 1 is 1.31 bits per heavy atom. The first-order valence-electron chi connectivity index (χ1n) is 7.69. The average molecular weight is 414 g/mol. The maximum absolute atomic E-state index is 13.8. The molecule has 0 aliphatic heterocycles. The number of carbonyl (C=O) groups is 1. The van der Waals surface area contributed by atoms with Gasteiger partial charge in [-0.25, -0.2) is 9.37 Å². The molecule has 0 aliphatic carbocycles. The number of hydrogen-bond acceptors (Lipinski definition) is 4. The lowest BCUT2D eigenvalue weighted by molar-refractivity contribution is -0.137. The zero-order chi connectivity index (χ0) is 18.8. The van der Waals surface area contributed by atoms with E-state index in [1.54, 1.807) is 12.1 Å². The lowest BCUT2D eigenvalue weighted by atomic mass is 10.0. The van der Waals surface area contributed by atoms with Gasteiger partial charge in [-0.2, -0.15) is 5.26 Å². The Hall–Kier alpha value is -2.98. The van der Waals surface area contributed by atoms with Gasteiger partial charge in [0.25, 0.3) is 0 Å². The van der Waals surface area contributed by atoms with Crippen LogP contribution in [0.25, 0.3) is 22.2 Å². The molecule has 0 bridgehead atoms. The van der Waals surface area contributed by atoms with E-state index in [0.717, 1.165) is 4.47 Å². The van der Waals surface area contributed by atoms with Crippen LogP contribution in [-0.2, 0) is 4.79 Å². The average Bonchev–Trinajstić information content (AvgIpc) is 2.62. The Bertz CT molecular complexity index is 1050. The number of fused-ring (bicyclic) bond motifs is 1. The number of benzene rings is 2. The number of pyridine rings is 1. The molecule has 1 aromatic heterocycles. The minimum atomic E-state index is -1.08. The summed E-state index contributed by atoms with van der Waals surface area (Å²) >= 11 is 3.36. The maximum atomic E-state index is 13.8. The molecule has 0 unspecified atom stereocenters. The van der Waals surface area contributed by atoms with E-state index in [2.05, 4.69) is 32.3 Å². The molecule has 0 aliphatic rings. The van der Waals surface area contributed by atoms with Gasteiger partial charge in [0, 0.05) is 15.4 Å². The topological polar surface area (TPSA) is 86.0 Å². The Morgan fingerprint density at radius 2 is 2.00 bits per heavy atom. The summed E-state index contributed by atoms with van der Waals surface area (Å²) in [6.07, 6.45) is 0. The number of nitrogens with one attached hydrogen (secondary N) is 1. The lowest BCUT2D eigenvalue weighted by Crippen LogP contribution is -2.26. The van der Waals surface area contributed by atoms with Gasteiger partial charge in [-0.1, -0.05) is 28.1 Å². The van der Waals surface area contributed by atoms with Crippen LogP contribution in [0.1, 0.15) is 12.5 Å². The van der Waals surface area contributed by atoms with Crippen LogP contribution in [0.4, 0.5) is 10.1 Å². The molecule has 3 rings (SSSR count). The molecule has 0 amide bonds. The fraction of sp³-hybridized carbons (Fsp3) is 0.105. The van der Waals surface area contributed by atoms with Crippen LogP contribution in [0.5, 0.6) is 0 Å². The highest BCUT2D eigenvalue weighted by Crippen LogP contribution is 2.34. The molecule has 0 saturated carbocycles. The Balaban J connectivity index is 2.32. The van der Waals surface area contributed by atoms with Crippen LogP contribution < -0.4 is 5.32 Å². The second kappa shape index (κ2) is 7.10. The van der Waals surface area contributed by atoms with Gasteiger partial charge in [-0.3, -0.25) is 4.79 Å². The van der Waals surface area contributed by atoms with Crippen molar-refractivity contribution in [3.05, 3.63) is 58.3 Å². The molecule has 3 aromatic rings. The van der Waals surface area contributed by atoms with Gasteiger partial charge < -0.3 is 10.4 Å². The summed E-state index contributed by atoms with van der Waals surface area (Å²) in [5.41, 5.74) is 1.98. The third kappa shape index (κ3) is 3.37. The van der Waals surface area contributed by atoms with Crippen LogP contribution in [0.2, 0.25) is 0 Å². The number of anilines is 1. The first-order chi connectivity index (χ1) is 12.4. The lowest BCUT2D eigenvalue weighted by Gasteiger charge is -2.17. The van der Waals surface area contributed by atoms with Gasteiger partial charge in [-0.05, 0) is 37.3 Å². The molecule has 5 nitrogen and oxygen atoms in total. The third-order valence-corrected chi connectivity index (χ3v) is 4.44. The second-order valence-corrected chi connectivity index (χ2v) is 6.61. The van der Waals surface area contributed by atoms with E-state index in [-0.39, 0.29) is 11.3 Å². The molecule has 2 N–H and O–H groups in total. The molecule has 2 aromatic carbocycles. The van der Waals surface area contributed by atoms with E-state index in [1.165, 1.54) is 25.1 Å². The van der Waals surface area contributed by atoms with Crippen LogP contribution >= 0.6 is 15.9 Å². The van der Waals surface area contributed by atoms with Crippen LogP contribution in [-0.4, -0.2) is 22.1 Å². The largest absolute Gasteiger partial charge is 0.480 e. The molecule has 130 valence electrons. The minimum absolute atomic E-state index is 0.165. The van der Waals surface area contributed by atoms with Gasteiger partial charge in [0.1, 0.15) is 23.5 Å². The summed E-state index contributed by atoms with van der Waals surface area (Å²) in [6.45, 7) is 1.45.